The van der Waals surface area contributed by atoms with Crippen molar-refractivity contribution in [2.75, 3.05) is 6.79 Å². The molecule has 33 heavy (non-hydrogen) atoms. The van der Waals surface area contributed by atoms with Crippen molar-refractivity contribution in [3.8, 4) is 5.75 Å². The number of nitrogens with one attached hydrogen (secondary N) is 1. The van der Waals surface area contributed by atoms with Gasteiger partial charge in [0.2, 0.25) is 0 Å². The van der Waals surface area contributed by atoms with Crippen molar-refractivity contribution in [3.05, 3.63) is 65.0 Å². The van der Waals surface area contributed by atoms with Crippen molar-refractivity contribution in [2.24, 2.45) is 0 Å². The van der Waals surface area contributed by atoms with Crippen molar-refractivity contribution in [1.29, 1.82) is 0 Å². The summed E-state index contributed by atoms with van der Waals surface area (Å²) in [5.74, 6) is -0.885. The second-order valence-electron chi connectivity index (χ2n) is 7.78. The van der Waals surface area contributed by atoms with Crippen molar-refractivity contribution in [2.45, 2.75) is 38.5 Å². The molecule has 0 bridgehead atoms. The fraction of sp³-hybridized carbons (Fsp3) is 0.333. The van der Waals surface area contributed by atoms with Gasteiger partial charge in [-0.05, 0) is 63.2 Å². The molecule has 2 aromatic carbocycles. The third-order valence-electron chi connectivity index (χ3n) is 4.97. The van der Waals surface area contributed by atoms with Crippen molar-refractivity contribution in [1.82, 2.24) is 5.32 Å². The molecular weight excluding hydrogens is 467 g/mol. The Morgan fingerprint density at radius 2 is 1.82 bits per heavy atom. The number of ether oxygens (including phenoxy) is 2. The maximum Gasteiger partial charge on any atom is 1.00 e. The summed E-state index contributed by atoms with van der Waals surface area (Å²) in [6.07, 6.45) is -0.992. The van der Waals surface area contributed by atoms with Crippen molar-refractivity contribution >= 4 is 19.5 Å². The average Bonchev–Trinajstić information content (AvgIpc) is 2.68. The van der Waals surface area contributed by atoms with Crippen LogP contribution in [0, 0.1) is 5.82 Å². The third kappa shape index (κ3) is 6.94. The van der Waals surface area contributed by atoms with Gasteiger partial charge in [0.25, 0.3) is 13.7 Å². The Balaban J connectivity index is 0.00000385. The van der Waals surface area contributed by atoms with Crippen molar-refractivity contribution < 1.29 is 71.9 Å². The van der Waals surface area contributed by atoms with Crippen LogP contribution < -0.4 is 44.5 Å². The predicted molar refractivity (Wildman–Crippen MR) is 108 cm³/mol. The second kappa shape index (κ2) is 10.8. The number of fused-ring (bicyclic) bond motifs is 1. The Labute approximate surface area is 212 Å². The largest absolute Gasteiger partial charge is 1.00 e. The first kappa shape index (κ1) is 27.6. The molecule has 1 unspecified atom stereocenters. The Kier molecular flexibility index (Phi) is 9.00. The van der Waals surface area contributed by atoms with Crippen molar-refractivity contribution in [3.63, 3.8) is 0 Å². The summed E-state index contributed by atoms with van der Waals surface area (Å²) in [4.78, 5) is 44.6. The van der Waals surface area contributed by atoms with Gasteiger partial charge >= 0.3 is 29.6 Å². The number of rotatable bonds is 7. The van der Waals surface area contributed by atoms with Gasteiger partial charge in [0.05, 0.1) is 6.04 Å². The number of amides is 1. The first-order chi connectivity index (χ1) is 14.9. The van der Waals surface area contributed by atoms with E-state index in [-0.39, 0.29) is 40.9 Å². The van der Waals surface area contributed by atoms with E-state index in [4.69, 9.17) is 14.4 Å². The minimum absolute atomic E-state index is 0. The van der Waals surface area contributed by atoms with E-state index in [9.17, 15) is 23.4 Å². The Bertz CT molecular complexity index is 1070. The number of ketones is 1. The van der Waals surface area contributed by atoms with E-state index in [1.54, 1.807) is 32.0 Å². The zero-order valence-electron chi connectivity index (χ0n) is 18.5. The number of hydrogen-bond acceptors (Lipinski definition) is 7. The molecule has 1 aliphatic heterocycles. The van der Waals surface area contributed by atoms with E-state index >= 15 is 0 Å². The Morgan fingerprint density at radius 3 is 2.39 bits per heavy atom. The summed E-state index contributed by atoms with van der Waals surface area (Å²) in [5.41, 5.74) is -0.124. The fourth-order valence-corrected chi connectivity index (χ4v) is 3.65. The average molecular weight is 489 g/mol. The van der Waals surface area contributed by atoms with Gasteiger partial charge in [0, 0.05) is 16.7 Å². The molecule has 0 saturated heterocycles. The van der Waals surface area contributed by atoms with Gasteiger partial charge in [0.1, 0.15) is 23.3 Å². The van der Waals surface area contributed by atoms with Crippen LogP contribution in [0.15, 0.2) is 42.5 Å². The standard InChI is InChI=1S/C21H23FNO8P.Na/c1-12(24)14-6-9-17-16(10-14)18(23-20(25)13-4-7-15(22)8-5-13)19(21(2,3)31-17)29-11-30-32(26,27)28;/h4-10,18-19H,11H2,1-3H3,(H,23,25)(H2,26,27,28);/q;+1/p-1/t18-,19+;/m0./s1. The maximum atomic E-state index is 13.2. The summed E-state index contributed by atoms with van der Waals surface area (Å²) in [6, 6.07) is 8.71. The summed E-state index contributed by atoms with van der Waals surface area (Å²) >= 11 is 0. The first-order valence-electron chi connectivity index (χ1n) is 9.58. The molecule has 9 nitrogen and oxygen atoms in total. The van der Waals surface area contributed by atoms with Gasteiger partial charge in [-0.3, -0.25) is 18.7 Å². The van der Waals surface area contributed by atoms with Crippen LogP contribution >= 0.6 is 7.82 Å². The molecule has 0 spiro atoms. The van der Waals surface area contributed by atoms with E-state index < -0.39 is 44.1 Å². The third-order valence-corrected chi connectivity index (χ3v) is 5.40. The number of carbonyl (C=O) groups is 2. The van der Waals surface area contributed by atoms with E-state index in [2.05, 4.69) is 9.84 Å². The van der Waals surface area contributed by atoms with Crippen LogP contribution in [-0.2, 0) is 13.8 Å². The molecule has 2 N–H and O–H groups in total. The van der Waals surface area contributed by atoms with E-state index in [1.807, 2.05) is 0 Å². The van der Waals surface area contributed by atoms with Crippen LogP contribution in [0.4, 0.5) is 4.39 Å². The zero-order chi connectivity index (χ0) is 23.7. The molecule has 1 amide bonds. The van der Waals surface area contributed by atoms with Crippen LogP contribution in [0.2, 0.25) is 0 Å². The summed E-state index contributed by atoms with van der Waals surface area (Å²) < 4.78 is 40.0. The maximum absolute atomic E-state index is 13.2. The normalized spacial score (nSPS) is 20.4. The van der Waals surface area contributed by atoms with E-state index in [0.29, 0.717) is 16.9 Å². The second-order valence-corrected chi connectivity index (χ2v) is 8.97. The minimum atomic E-state index is -5.05. The monoisotopic (exact) mass is 489 g/mol. The number of phosphoric acid groups is 1. The molecule has 1 aliphatic rings. The summed E-state index contributed by atoms with van der Waals surface area (Å²) in [6.45, 7) is 3.87. The summed E-state index contributed by atoms with van der Waals surface area (Å²) in [5, 5.41) is 2.79. The first-order valence-corrected chi connectivity index (χ1v) is 11.1. The Hall–Kier alpha value is -1.62. The number of hydrogen-bond donors (Lipinski definition) is 2. The molecule has 0 aromatic heterocycles. The molecule has 172 valence electrons. The van der Waals surface area contributed by atoms with E-state index in [1.165, 1.54) is 19.1 Å². The topological polar surface area (TPSA) is 134 Å². The van der Waals surface area contributed by atoms with Crippen LogP contribution in [0.25, 0.3) is 0 Å². The summed E-state index contributed by atoms with van der Waals surface area (Å²) in [7, 11) is -5.05. The number of benzene rings is 2. The number of Topliss-reactive ketones (excluding diaryl/α,β-unsaturated/α-hetero) is 1. The molecule has 12 heteroatoms. The van der Waals surface area contributed by atoms with Gasteiger partial charge in [-0.2, -0.15) is 0 Å². The number of carbonyl (C=O) groups excluding carboxylic acids is 2. The zero-order valence-corrected chi connectivity index (χ0v) is 21.4. The molecule has 2 aromatic rings. The molecule has 0 radical (unpaired) electrons. The van der Waals surface area contributed by atoms with Gasteiger partial charge in [-0.25, -0.2) is 4.39 Å². The van der Waals surface area contributed by atoms with E-state index in [0.717, 1.165) is 12.1 Å². The molecular formula is C21H22FNNaO8P. The molecule has 1 heterocycles. The molecule has 3 rings (SSSR count). The van der Waals surface area contributed by atoms with Gasteiger partial charge < -0.3 is 24.6 Å². The molecule has 3 atom stereocenters. The predicted octanol–water partition coefficient (Wildman–Crippen LogP) is -0.506. The smallest absolute Gasteiger partial charge is 0.756 e. The molecule has 0 saturated carbocycles. The van der Waals surface area contributed by atoms with Crippen LogP contribution in [0.3, 0.4) is 0 Å². The van der Waals surface area contributed by atoms with Crippen LogP contribution in [-0.4, -0.2) is 35.1 Å². The van der Waals surface area contributed by atoms with Gasteiger partial charge in [-0.1, -0.05) is 0 Å². The van der Waals surface area contributed by atoms with Crippen LogP contribution in [0.5, 0.6) is 5.75 Å². The molecule has 0 aliphatic carbocycles. The quantitative estimate of drug-likeness (QED) is 0.230. The SMILES string of the molecule is CC(=O)c1ccc2c(c1)[C@H](NC(=O)c1ccc(F)cc1)[C@@H](OCOP(=O)([O-])O)C(C)(C)O2.[Na+]. The number of phosphoric ester groups is 1. The van der Waals surface area contributed by atoms with Crippen LogP contribution in [0.1, 0.15) is 53.1 Å². The van der Waals surface area contributed by atoms with Gasteiger partial charge in [0.15, 0.2) is 12.6 Å². The minimum Gasteiger partial charge on any atom is -0.756 e. The number of halogens is 1. The Morgan fingerprint density at radius 1 is 1.21 bits per heavy atom. The van der Waals surface area contributed by atoms with Gasteiger partial charge in [-0.15, -0.1) is 0 Å². The molecule has 0 fully saturated rings. The fourth-order valence-electron chi connectivity index (χ4n) is 3.46.